The van der Waals surface area contributed by atoms with E-state index in [4.69, 9.17) is 22.7 Å². The first-order valence-electron chi connectivity index (χ1n) is 5.39. The van der Waals surface area contributed by atoms with Crippen LogP contribution in [0.4, 0.5) is 0 Å². The molecule has 0 radical (unpaired) electrons. The van der Waals surface area contributed by atoms with Crippen LogP contribution in [0.25, 0.3) is 0 Å². The molecule has 0 saturated carbocycles. The summed E-state index contributed by atoms with van der Waals surface area (Å²) in [5, 5.41) is 0. The Hall–Kier alpha value is 0.550. The molecule has 0 heterocycles. The third-order valence-electron chi connectivity index (χ3n) is 2.35. The fourth-order valence-corrected chi connectivity index (χ4v) is 9.72. The molecule has 92 valence electrons. The number of rotatable bonds is 6. The van der Waals surface area contributed by atoms with Gasteiger partial charge in [-0.15, -0.1) is 0 Å². The topological polar surface area (TPSA) is 9.23 Å². The summed E-state index contributed by atoms with van der Waals surface area (Å²) in [6.07, 6.45) is 2.24. The predicted octanol–water partition coefficient (Wildman–Crippen LogP) is 3.76. The minimum atomic E-state index is -2.88. The molecule has 0 unspecified atom stereocenters. The number of ether oxygens (including phenoxy) is 1. The SMILES string of the molecule is CCCC[Te](Cl)(Cl)c1ccccc1COC. The van der Waals surface area contributed by atoms with E-state index in [2.05, 4.69) is 19.1 Å². The summed E-state index contributed by atoms with van der Waals surface area (Å²) in [4.78, 5) is 0. The fourth-order valence-electron chi connectivity index (χ4n) is 1.51. The molecule has 0 fully saturated rings. The molecule has 0 N–H and O–H groups in total. The van der Waals surface area contributed by atoms with E-state index in [9.17, 15) is 0 Å². The third-order valence-corrected chi connectivity index (χ3v) is 11.9. The van der Waals surface area contributed by atoms with Gasteiger partial charge in [0.15, 0.2) is 0 Å². The summed E-state index contributed by atoms with van der Waals surface area (Å²) in [6, 6.07) is 8.12. The van der Waals surface area contributed by atoms with Crippen molar-refractivity contribution in [2.45, 2.75) is 30.8 Å². The monoisotopic (exact) mass is 378 g/mol. The number of hydrogen-bond acceptors (Lipinski definition) is 1. The molecule has 1 rings (SSSR count). The second-order valence-electron chi connectivity index (χ2n) is 3.67. The zero-order valence-electron chi connectivity index (χ0n) is 9.71. The van der Waals surface area contributed by atoms with E-state index in [0.717, 1.165) is 26.5 Å². The third kappa shape index (κ3) is 4.09. The molecule has 0 aromatic heterocycles. The molecular formula is C12H18Cl2OTe. The summed E-state index contributed by atoms with van der Waals surface area (Å²) in [5.74, 6) is 0. The molecule has 4 heteroatoms. The van der Waals surface area contributed by atoms with Gasteiger partial charge in [-0.25, -0.2) is 0 Å². The molecule has 1 aromatic rings. The van der Waals surface area contributed by atoms with Crippen molar-refractivity contribution in [1.82, 2.24) is 0 Å². The van der Waals surface area contributed by atoms with Crippen molar-refractivity contribution >= 4 is 37.5 Å². The first kappa shape index (κ1) is 14.6. The van der Waals surface area contributed by atoms with Gasteiger partial charge in [0.1, 0.15) is 0 Å². The molecule has 0 aliphatic rings. The van der Waals surface area contributed by atoms with Crippen molar-refractivity contribution in [3.05, 3.63) is 29.8 Å². The maximum atomic E-state index is 6.58. The van der Waals surface area contributed by atoms with E-state index in [1.165, 1.54) is 0 Å². The van der Waals surface area contributed by atoms with E-state index >= 15 is 0 Å². The molecule has 0 atom stereocenters. The quantitative estimate of drug-likeness (QED) is 0.687. The zero-order valence-corrected chi connectivity index (χ0v) is 13.6. The number of unbranched alkanes of at least 4 members (excludes halogenated alkanes) is 1. The van der Waals surface area contributed by atoms with Gasteiger partial charge in [0, 0.05) is 0 Å². The Labute approximate surface area is 109 Å². The zero-order chi connectivity index (χ0) is 12.0. The number of halogens is 2. The summed E-state index contributed by atoms with van der Waals surface area (Å²) >= 11 is -2.88. The van der Waals surface area contributed by atoms with Crippen molar-refractivity contribution < 1.29 is 4.74 Å². The van der Waals surface area contributed by atoms with Gasteiger partial charge >= 0.3 is 110 Å². The van der Waals surface area contributed by atoms with Gasteiger partial charge < -0.3 is 0 Å². The van der Waals surface area contributed by atoms with Crippen LogP contribution in [-0.2, 0) is 11.3 Å². The van der Waals surface area contributed by atoms with E-state index in [1.807, 2.05) is 12.1 Å². The summed E-state index contributed by atoms with van der Waals surface area (Å²) in [6.45, 7) is 2.75. The Bertz CT molecular complexity index is 329. The standard InChI is InChI=1S/C12H18Cl2OTe/c1-3-4-9-16(13,14)12-8-6-5-7-11(12)10-15-2/h5-8H,3-4,9-10H2,1-2H3. The average Bonchev–Trinajstić information content (AvgIpc) is 2.27. The van der Waals surface area contributed by atoms with Crippen molar-refractivity contribution in [3.8, 4) is 0 Å². The van der Waals surface area contributed by atoms with Crippen molar-refractivity contribution in [3.63, 3.8) is 0 Å². The van der Waals surface area contributed by atoms with Crippen LogP contribution < -0.4 is 3.61 Å². The Kier molecular flexibility index (Phi) is 6.47. The van der Waals surface area contributed by atoms with Crippen molar-refractivity contribution in [1.29, 1.82) is 0 Å². The molecule has 0 aliphatic heterocycles. The molecule has 1 nitrogen and oxygen atoms in total. The van der Waals surface area contributed by atoms with Gasteiger partial charge in [-0.1, -0.05) is 0 Å². The summed E-state index contributed by atoms with van der Waals surface area (Å²) < 4.78 is 7.30. The van der Waals surface area contributed by atoms with Crippen LogP contribution in [0.2, 0.25) is 4.47 Å². The summed E-state index contributed by atoms with van der Waals surface area (Å²) in [5.41, 5.74) is 1.15. The van der Waals surface area contributed by atoms with Crippen molar-refractivity contribution in [2.75, 3.05) is 7.11 Å². The average molecular weight is 377 g/mol. The molecule has 0 spiro atoms. The molecule has 0 amide bonds. The van der Waals surface area contributed by atoms with E-state index in [0.29, 0.717) is 6.61 Å². The number of hydrogen-bond donors (Lipinski definition) is 0. The Morgan fingerprint density at radius 2 is 1.94 bits per heavy atom. The minimum absolute atomic E-state index is 0.593. The van der Waals surface area contributed by atoms with Crippen LogP contribution in [0.3, 0.4) is 0 Å². The molecule has 0 bridgehead atoms. The Morgan fingerprint density at radius 1 is 1.25 bits per heavy atom. The fraction of sp³-hybridized carbons (Fsp3) is 0.500. The van der Waals surface area contributed by atoms with Gasteiger partial charge in [0.2, 0.25) is 0 Å². The molecule has 16 heavy (non-hydrogen) atoms. The normalized spacial score (nSPS) is 12.8. The second kappa shape index (κ2) is 7.09. The summed E-state index contributed by atoms with van der Waals surface area (Å²) in [7, 11) is 14.9. The number of methoxy groups -OCH3 is 1. The van der Waals surface area contributed by atoms with Gasteiger partial charge in [-0.3, -0.25) is 0 Å². The van der Waals surface area contributed by atoms with Crippen LogP contribution >= 0.6 is 17.9 Å². The number of benzene rings is 1. The van der Waals surface area contributed by atoms with Gasteiger partial charge in [-0.2, -0.15) is 0 Å². The van der Waals surface area contributed by atoms with Crippen molar-refractivity contribution in [2.24, 2.45) is 0 Å². The molecule has 0 aliphatic carbocycles. The Morgan fingerprint density at radius 3 is 2.56 bits per heavy atom. The van der Waals surface area contributed by atoms with Crippen LogP contribution in [0.15, 0.2) is 24.3 Å². The van der Waals surface area contributed by atoms with Gasteiger partial charge in [-0.05, 0) is 0 Å². The Balaban J connectivity index is 2.91. The first-order chi connectivity index (χ1) is 7.61. The van der Waals surface area contributed by atoms with Crippen LogP contribution in [0.1, 0.15) is 25.3 Å². The molecule has 1 aromatic carbocycles. The van der Waals surface area contributed by atoms with Gasteiger partial charge in [0.25, 0.3) is 0 Å². The van der Waals surface area contributed by atoms with E-state index < -0.39 is 15.9 Å². The van der Waals surface area contributed by atoms with Crippen LogP contribution in [0, 0.1) is 0 Å². The first-order valence-corrected chi connectivity index (χ1v) is 14.1. The molecule has 0 saturated heterocycles. The van der Waals surface area contributed by atoms with Crippen LogP contribution in [0.5, 0.6) is 0 Å². The van der Waals surface area contributed by atoms with E-state index in [1.54, 1.807) is 7.11 Å². The maximum absolute atomic E-state index is 6.58. The van der Waals surface area contributed by atoms with Crippen LogP contribution in [-0.4, -0.2) is 23.1 Å². The van der Waals surface area contributed by atoms with Gasteiger partial charge in [0.05, 0.1) is 0 Å². The van der Waals surface area contributed by atoms with E-state index in [-0.39, 0.29) is 0 Å². The predicted molar refractivity (Wildman–Crippen MR) is 74.0 cm³/mol. The second-order valence-corrected chi connectivity index (χ2v) is 17.5. The molecular weight excluding hydrogens is 359 g/mol.